The molecule has 1 aliphatic rings. The number of halogens is 3. The fourth-order valence-electron chi connectivity index (χ4n) is 3.37. The number of aryl methyl sites for hydroxylation is 1. The van der Waals surface area contributed by atoms with Crippen molar-refractivity contribution < 1.29 is 17.9 Å². The molecule has 0 fully saturated rings. The van der Waals surface area contributed by atoms with Crippen LogP contribution in [0.1, 0.15) is 24.7 Å². The van der Waals surface area contributed by atoms with Crippen LogP contribution in [0, 0.1) is 12.7 Å². The molecule has 1 aromatic carbocycles. The number of hydrazine groups is 2. The number of pyridine rings is 1. The number of rotatable bonds is 7. The quantitative estimate of drug-likeness (QED) is 0.495. The van der Waals surface area contributed by atoms with Crippen molar-refractivity contribution in [1.29, 1.82) is 0 Å². The number of hydrogen-bond acceptors (Lipinski definition) is 9. The molecule has 1 aliphatic heterocycles. The summed E-state index contributed by atoms with van der Waals surface area (Å²) in [6.45, 7) is 4.14. The number of alkyl halides is 2. The van der Waals surface area contributed by atoms with Gasteiger partial charge in [-0.3, -0.25) is 9.99 Å². The van der Waals surface area contributed by atoms with Crippen molar-refractivity contribution in [2.75, 3.05) is 18.9 Å². The number of aromatic nitrogens is 3. The van der Waals surface area contributed by atoms with Crippen molar-refractivity contribution in [1.82, 2.24) is 31.0 Å². The van der Waals surface area contributed by atoms with Gasteiger partial charge in [0.1, 0.15) is 11.5 Å². The average molecular weight is 458 g/mol. The van der Waals surface area contributed by atoms with Gasteiger partial charge in [-0.25, -0.2) is 23.7 Å². The van der Waals surface area contributed by atoms with Crippen LogP contribution in [-0.2, 0) is 0 Å². The molecule has 0 aliphatic carbocycles. The molecule has 3 aromatic rings. The number of anilines is 1. The van der Waals surface area contributed by atoms with Crippen LogP contribution in [0.4, 0.5) is 19.1 Å². The molecular weight excluding hydrogens is 437 g/mol. The lowest BCUT2D eigenvalue weighted by Gasteiger charge is -2.19. The molecule has 12 heteroatoms. The number of hydrazone groups is 1. The minimum Gasteiger partial charge on any atom is -0.469 e. The normalized spacial score (nSPS) is 13.3. The SMILES string of the molecule is CCN1NNN=C1COc1nc(N)nc(-c2ccc(F)cc2)c1-c1cc(C)nc(C(F)F)c1. The van der Waals surface area contributed by atoms with E-state index in [0.717, 1.165) is 0 Å². The van der Waals surface area contributed by atoms with Crippen molar-refractivity contribution in [2.45, 2.75) is 20.3 Å². The Morgan fingerprint density at radius 1 is 1.09 bits per heavy atom. The van der Waals surface area contributed by atoms with Gasteiger partial charge in [-0.05, 0) is 55.8 Å². The van der Waals surface area contributed by atoms with Gasteiger partial charge in [-0.15, -0.1) is 10.6 Å². The molecule has 0 saturated heterocycles. The number of nitrogens with two attached hydrogens (primary N) is 1. The Morgan fingerprint density at radius 3 is 2.55 bits per heavy atom. The molecule has 2 aromatic heterocycles. The van der Waals surface area contributed by atoms with Crippen LogP contribution < -0.4 is 21.5 Å². The van der Waals surface area contributed by atoms with Gasteiger partial charge in [0.25, 0.3) is 6.43 Å². The third-order valence-corrected chi connectivity index (χ3v) is 4.83. The molecule has 4 rings (SSSR count). The zero-order chi connectivity index (χ0) is 23.5. The van der Waals surface area contributed by atoms with Gasteiger partial charge in [0, 0.05) is 17.8 Å². The summed E-state index contributed by atoms with van der Waals surface area (Å²) in [4.78, 5) is 12.4. The number of nitrogens with one attached hydrogen (secondary N) is 2. The Kier molecular flexibility index (Phi) is 6.27. The van der Waals surface area contributed by atoms with Crippen molar-refractivity contribution >= 4 is 11.8 Å². The van der Waals surface area contributed by atoms with Gasteiger partial charge < -0.3 is 10.5 Å². The second-order valence-electron chi connectivity index (χ2n) is 7.12. The molecule has 33 heavy (non-hydrogen) atoms. The van der Waals surface area contributed by atoms with Crippen LogP contribution in [-0.4, -0.2) is 38.9 Å². The highest BCUT2D eigenvalue weighted by Gasteiger charge is 2.23. The predicted octanol–water partition coefficient (Wildman–Crippen LogP) is 3.21. The van der Waals surface area contributed by atoms with E-state index in [0.29, 0.717) is 40.5 Å². The fourth-order valence-corrected chi connectivity index (χ4v) is 3.37. The lowest BCUT2D eigenvalue weighted by molar-refractivity contribution is 0.146. The van der Waals surface area contributed by atoms with Gasteiger partial charge in [0.05, 0.1) is 11.3 Å². The van der Waals surface area contributed by atoms with E-state index in [4.69, 9.17) is 10.5 Å². The minimum absolute atomic E-state index is 0.00587. The van der Waals surface area contributed by atoms with E-state index in [1.165, 1.54) is 30.3 Å². The maximum absolute atomic E-state index is 13.5. The summed E-state index contributed by atoms with van der Waals surface area (Å²) in [5.41, 5.74) is 12.9. The summed E-state index contributed by atoms with van der Waals surface area (Å²) >= 11 is 0. The smallest absolute Gasteiger partial charge is 0.280 e. The maximum atomic E-state index is 13.5. The molecule has 0 bridgehead atoms. The van der Waals surface area contributed by atoms with Crippen molar-refractivity contribution in [3.05, 3.63) is 53.6 Å². The number of hydrogen-bond donors (Lipinski definition) is 3. The van der Waals surface area contributed by atoms with Crippen LogP contribution in [0.25, 0.3) is 22.4 Å². The van der Waals surface area contributed by atoms with E-state index in [1.807, 2.05) is 6.92 Å². The van der Waals surface area contributed by atoms with Crippen LogP contribution in [0.5, 0.6) is 5.88 Å². The zero-order valence-corrected chi connectivity index (χ0v) is 17.8. The molecule has 3 heterocycles. The van der Waals surface area contributed by atoms with E-state index in [9.17, 15) is 13.2 Å². The number of likely N-dealkylation sites (N-methyl/N-ethyl adjacent to an activating group) is 1. The summed E-state index contributed by atoms with van der Waals surface area (Å²) in [5.74, 6) is 0.0868. The monoisotopic (exact) mass is 458 g/mol. The third-order valence-electron chi connectivity index (χ3n) is 4.83. The van der Waals surface area contributed by atoms with Crippen molar-refractivity contribution in [3.63, 3.8) is 0 Å². The molecule has 0 saturated carbocycles. The molecule has 172 valence electrons. The molecule has 9 nitrogen and oxygen atoms in total. The third kappa shape index (κ3) is 4.80. The average Bonchev–Trinajstić information content (AvgIpc) is 3.25. The summed E-state index contributed by atoms with van der Waals surface area (Å²) in [6.07, 6.45) is -2.78. The lowest BCUT2D eigenvalue weighted by atomic mass is 9.99. The summed E-state index contributed by atoms with van der Waals surface area (Å²) in [5, 5.41) is 5.82. The van der Waals surface area contributed by atoms with E-state index < -0.39 is 17.9 Å². The predicted molar refractivity (Wildman–Crippen MR) is 116 cm³/mol. The standard InChI is InChI=1S/C21H21F3N8O/c1-3-32-16(29-30-31-32)10-33-20-17(13-8-11(2)26-15(9-13)19(23)24)18(27-21(25)28-20)12-4-6-14(22)7-5-12/h4-9,19,30-31H,3,10H2,1-2H3,(H2,25,27,28). The Balaban J connectivity index is 1.86. The van der Waals surface area contributed by atoms with Crippen LogP contribution in [0.2, 0.25) is 0 Å². The first-order chi connectivity index (χ1) is 15.9. The largest absolute Gasteiger partial charge is 0.469 e. The Hall–Kier alpha value is -3.93. The summed E-state index contributed by atoms with van der Waals surface area (Å²) < 4.78 is 46.5. The van der Waals surface area contributed by atoms with Crippen LogP contribution in [0.15, 0.2) is 41.5 Å². The first-order valence-electron chi connectivity index (χ1n) is 10.0. The molecule has 0 atom stereocenters. The molecule has 0 unspecified atom stereocenters. The Bertz CT molecular complexity index is 1190. The topological polar surface area (TPSA) is 114 Å². The fraction of sp³-hybridized carbons (Fsp3) is 0.238. The molecule has 4 N–H and O–H groups in total. The van der Waals surface area contributed by atoms with Crippen LogP contribution >= 0.6 is 0 Å². The van der Waals surface area contributed by atoms with Gasteiger partial charge in [-0.1, -0.05) is 0 Å². The molecular formula is C21H21F3N8O. The number of nitrogen functional groups attached to an aromatic ring is 1. The molecule has 0 amide bonds. The first-order valence-corrected chi connectivity index (χ1v) is 10.0. The highest BCUT2D eigenvalue weighted by molar-refractivity contribution is 5.87. The van der Waals surface area contributed by atoms with Gasteiger partial charge >= 0.3 is 0 Å². The minimum atomic E-state index is -2.78. The van der Waals surface area contributed by atoms with Gasteiger partial charge in [0.2, 0.25) is 11.8 Å². The van der Waals surface area contributed by atoms with E-state index in [-0.39, 0.29) is 18.4 Å². The Morgan fingerprint density at radius 2 is 1.85 bits per heavy atom. The zero-order valence-electron chi connectivity index (χ0n) is 17.8. The highest BCUT2D eigenvalue weighted by Crippen LogP contribution is 2.39. The summed E-state index contributed by atoms with van der Waals surface area (Å²) in [7, 11) is 0. The second-order valence-corrected chi connectivity index (χ2v) is 7.12. The first kappa shape index (κ1) is 22.3. The van der Waals surface area contributed by atoms with E-state index in [2.05, 4.69) is 31.1 Å². The number of benzene rings is 1. The molecule has 0 spiro atoms. The highest BCUT2D eigenvalue weighted by atomic mass is 19.3. The second kappa shape index (κ2) is 9.28. The summed E-state index contributed by atoms with van der Waals surface area (Å²) in [6, 6.07) is 8.44. The number of ether oxygens (including phenoxy) is 1. The van der Waals surface area contributed by atoms with Gasteiger partial charge in [0.15, 0.2) is 12.4 Å². The lowest BCUT2D eigenvalue weighted by Crippen LogP contribution is -2.42. The van der Waals surface area contributed by atoms with Gasteiger partial charge in [-0.2, -0.15) is 4.98 Å². The van der Waals surface area contributed by atoms with E-state index in [1.54, 1.807) is 18.0 Å². The Labute approximate surface area is 187 Å². The maximum Gasteiger partial charge on any atom is 0.280 e. The molecule has 0 radical (unpaired) electrons. The number of nitrogens with zero attached hydrogens (tertiary/aromatic N) is 5. The van der Waals surface area contributed by atoms with E-state index >= 15 is 0 Å². The van der Waals surface area contributed by atoms with Crippen LogP contribution in [0.3, 0.4) is 0 Å². The van der Waals surface area contributed by atoms with Crippen molar-refractivity contribution in [2.24, 2.45) is 5.10 Å². The van der Waals surface area contributed by atoms with Crippen molar-refractivity contribution in [3.8, 4) is 28.3 Å². The number of amidine groups is 1.